The molecule has 0 amide bonds. The number of nitrogens with zero attached hydrogens (tertiary/aromatic N) is 2. The number of nitrogens with two attached hydrogens (primary N) is 1. The van der Waals surface area contributed by atoms with E-state index in [9.17, 15) is 8.42 Å². The second-order valence-corrected chi connectivity index (χ2v) is 6.87. The maximum Gasteiger partial charge on any atom is 0.242 e. The zero-order valence-electron chi connectivity index (χ0n) is 11.8. The molecule has 108 valence electrons. The molecule has 0 radical (unpaired) electrons. The number of nitrogen functional groups attached to an aromatic ring is 1. The van der Waals surface area contributed by atoms with Gasteiger partial charge in [0.1, 0.15) is 10.7 Å². The van der Waals surface area contributed by atoms with E-state index >= 15 is 0 Å². The molecule has 6 nitrogen and oxygen atoms in total. The molecule has 0 fully saturated rings. The third-order valence-corrected chi connectivity index (χ3v) is 4.22. The van der Waals surface area contributed by atoms with Gasteiger partial charge in [-0.3, -0.25) is 0 Å². The van der Waals surface area contributed by atoms with Crippen molar-refractivity contribution >= 4 is 15.8 Å². The smallest absolute Gasteiger partial charge is 0.242 e. The van der Waals surface area contributed by atoms with Gasteiger partial charge in [0.25, 0.3) is 0 Å². The number of nitrogens with one attached hydrogen (secondary N) is 1. The molecule has 0 aliphatic carbocycles. The summed E-state index contributed by atoms with van der Waals surface area (Å²) in [6.07, 6.45) is 1.27. The molecule has 1 atom stereocenters. The van der Waals surface area contributed by atoms with Gasteiger partial charge in [0.05, 0.1) is 0 Å². The summed E-state index contributed by atoms with van der Waals surface area (Å²) in [7, 11) is 0.261. The van der Waals surface area contributed by atoms with Crippen molar-refractivity contribution in [3.63, 3.8) is 0 Å². The summed E-state index contributed by atoms with van der Waals surface area (Å²) in [5, 5.41) is 0. The Labute approximate surface area is 115 Å². The number of rotatable bonds is 6. The third kappa shape index (κ3) is 4.77. The maximum absolute atomic E-state index is 12.2. The second kappa shape index (κ2) is 6.31. The first-order valence-corrected chi connectivity index (χ1v) is 7.59. The lowest BCUT2D eigenvalue weighted by Crippen LogP contribution is -2.44. The van der Waals surface area contributed by atoms with Gasteiger partial charge in [-0.2, -0.15) is 0 Å². The van der Waals surface area contributed by atoms with Crippen LogP contribution in [-0.4, -0.2) is 45.0 Å². The van der Waals surface area contributed by atoms with Gasteiger partial charge in [-0.1, -0.05) is 13.8 Å². The number of sulfonamides is 1. The van der Waals surface area contributed by atoms with Crippen LogP contribution in [0, 0.1) is 5.92 Å². The van der Waals surface area contributed by atoms with Gasteiger partial charge >= 0.3 is 0 Å². The van der Waals surface area contributed by atoms with E-state index in [1.807, 2.05) is 32.8 Å². The van der Waals surface area contributed by atoms with Crippen molar-refractivity contribution in [2.24, 2.45) is 5.92 Å². The quantitative estimate of drug-likeness (QED) is 0.796. The average Bonchev–Trinajstić information content (AvgIpc) is 2.27. The summed E-state index contributed by atoms with van der Waals surface area (Å²) in [5.74, 6) is 0.492. The van der Waals surface area contributed by atoms with Crippen molar-refractivity contribution < 1.29 is 8.42 Å². The van der Waals surface area contributed by atoms with Crippen LogP contribution in [0.15, 0.2) is 23.2 Å². The van der Waals surface area contributed by atoms with E-state index in [0.717, 1.165) is 0 Å². The fourth-order valence-corrected chi connectivity index (χ4v) is 2.92. The first kappa shape index (κ1) is 15.9. The molecule has 0 aliphatic rings. The van der Waals surface area contributed by atoms with Gasteiger partial charge in [-0.05, 0) is 32.1 Å². The van der Waals surface area contributed by atoms with Crippen molar-refractivity contribution in [1.29, 1.82) is 0 Å². The lowest BCUT2D eigenvalue weighted by Gasteiger charge is -2.25. The number of aromatic nitrogens is 1. The van der Waals surface area contributed by atoms with Crippen LogP contribution in [0.25, 0.3) is 0 Å². The summed E-state index contributed by atoms with van der Waals surface area (Å²) in [6, 6.07) is 2.78. The van der Waals surface area contributed by atoms with Gasteiger partial charge in [0.2, 0.25) is 10.0 Å². The highest BCUT2D eigenvalue weighted by Gasteiger charge is 2.23. The SMILES string of the molecule is CC(C)C(CN(C)C)NS(=O)(=O)c1ccc(N)nc1. The highest BCUT2D eigenvalue weighted by molar-refractivity contribution is 7.89. The molecule has 1 aromatic rings. The zero-order valence-corrected chi connectivity index (χ0v) is 12.6. The molecule has 0 saturated carbocycles. The molecule has 0 aromatic carbocycles. The van der Waals surface area contributed by atoms with E-state index < -0.39 is 10.0 Å². The first-order chi connectivity index (χ1) is 8.72. The zero-order chi connectivity index (χ0) is 14.6. The molecule has 0 aliphatic heterocycles. The van der Waals surface area contributed by atoms with Crippen LogP contribution in [0.1, 0.15) is 13.8 Å². The number of hydrogen-bond acceptors (Lipinski definition) is 5. The molecule has 1 heterocycles. The number of likely N-dealkylation sites (N-methyl/N-ethyl adjacent to an activating group) is 1. The Bertz CT molecular complexity index is 497. The Morgan fingerprint density at radius 2 is 2.00 bits per heavy atom. The van der Waals surface area contributed by atoms with E-state index in [1.165, 1.54) is 18.3 Å². The second-order valence-electron chi connectivity index (χ2n) is 5.15. The molecule has 7 heteroatoms. The van der Waals surface area contributed by atoms with Gasteiger partial charge in [-0.25, -0.2) is 18.1 Å². The van der Waals surface area contributed by atoms with Crippen molar-refractivity contribution in [3.8, 4) is 0 Å². The van der Waals surface area contributed by atoms with Crippen LogP contribution in [0.4, 0.5) is 5.82 Å². The molecule has 19 heavy (non-hydrogen) atoms. The Balaban J connectivity index is 2.90. The summed E-state index contributed by atoms with van der Waals surface area (Å²) in [5.41, 5.74) is 5.45. The van der Waals surface area contributed by atoms with Gasteiger partial charge in [-0.15, -0.1) is 0 Å². The molecule has 1 aromatic heterocycles. The Hall–Kier alpha value is -1.18. The highest BCUT2D eigenvalue weighted by Crippen LogP contribution is 2.12. The minimum atomic E-state index is -3.56. The normalized spacial score (nSPS) is 14.0. The first-order valence-electron chi connectivity index (χ1n) is 6.11. The van der Waals surface area contributed by atoms with Gasteiger partial charge < -0.3 is 10.6 Å². The third-order valence-electron chi connectivity index (χ3n) is 2.74. The minimum Gasteiger partial charge on any atom is -0.384 e. The molecule has 1 rings (SSSR count). The van der Waals surface area contributed by atoms with Crippen LogP contribution in [-0.2, 0) is 10.0 Å². The predicted molar refractivity (Wildman–Crippen MR) is 76.2 cm³/mol. The van der Waals surface area contributed by atoms with Crippen LogP contribution in [0.2, 0.25) is 0 Å². The number of pyridine rings is 1. The van der Waals surface area contributed by atoms with E-state index in [4.69, 9.17) is 5.73 Å². The Morgan fingerprint density at radius 1 is 1.37 bits per heavy atom. The highest BCUT2D eigenvalue weighted by atomic mass is 32.2. The van der Waals surface area contributed by atoms with Crippen LogP contribution >= 0.6 is 0 Å². The van der Waals surface area contributed by atoms with Crippen LogP contribution in [0.5, 0.6) is 0 Å². The summed E-state index contributed by atoms with van der Waals surface area (Å²) in [4.78, 5) is 5.89. The topological polar surface area (TPSA) is 88.3 Å². The van der Waals surface area contributed by atoms with E-state index in [2.05, 4.69) is 9.71 Å². The maximum atomic E-state index is 12.2. The number of anilines is 1. The average molecular weight is 286 g/mol. The monoisotopic (exact) mass is 286 g/mol. The number of hydrogen-bond donors (Lipinski definition) is 2. The Kier molecular flexibility index (Phi) is 5.28. The predicted octanol–water partition coefficient (Wildman–Crippen LogP) is 0.528. The fourth-order valence-electron chi connectivity index (χ4n) is 1.60. The van der Waals surface area contributed by atoms with Crippen molar-refractivity contribution in [1.82, 2.24) is 14.6 Å². The molecule has 1 unspecified atom stereocenters. The molecule has 3 N–H and O–H groups in total. The van der Waals surface area contributed by atoms with Gasteiger partial charge in [0, 0.05) is 18.8 Å². The molecule has 0 spiro atoms. The molecular weight excluding hydrogens is 264 g/mol. The van der Waals surface area contributed by atoms with Crippen molar-refractivity contribution in [3.05, 3.63) is 18.3 Å². The lowest BCUT2D eigenvalue weighted by molar-refractivity contribution is 0.314. The summed E-state index contributed by atoms with van der Waals surface area (Å²) in [6.45, 7) is 4.61. The minimum absolute atomic E-state index is 0.131. The standard InChI is InChI=1S/C12H22N4O2S/c1-9(2)11(8-16(3)4)15-19(17,18)10-5-6-12(13)14-7-10/h5-7,9,11,15H,8H2,1-4H3,(H2,13,14). The van der Waals surface area contributed by atoms with Crippen molar-refractivity contribution in [2.75, 3.05) is 26.4 Å². The van der Waals surface area contributed by atoms with Crippen LogP contribution < -0.4 is 10.5 Å². The Morgan fingerprint density at radius 3 is 2.42 bits per heavy atom. The molecular formula is C12H22N4O2S. The fraction of sp³-hybridized carbons (Fsp3) is 0.583. The van der Waals surface area contributed by atoms with E-state index in [0.29, 0.717) is 12.4 Å². The van der Waals surface area contributed by atoms with E-state index in [-0.39, 0.29) is 16.9 Å². The molecule has 0 saturated heterocycles. The van der Waals surface area contributed by atoms with Crippen molar-refractivity contribution in [2.45, 2.75) is 24.8 Å². The molecule has 0 bridgehead atoms. The van der Waals surface area contributed by atoms with Crippen LogP contribution in [0.3, 0.4) is 0 Å². The van der Waals surface area contributed by atoms with E-state index in [1.54, 1.807) is 0 Å². The summed E-state index contributed by atoms with van der Waals surface area (Å²) < 4.78 is 27.2. The lowest BCUT2D eigenvalue weighted by atomic mass is 10.1. The summed E-state index contributed by atoms with van der Waals surface area (Å²) >= 11 is 0. The van der Waals surface area contributed by atoms with Gasteiger partial charge in [0.15, 0.2) is 0 Å². The largest absolute Gasteiger partial charge is 0.384 e.